The van der Waals surface area contributed by atoms with E-state index in [4.69, 9.17) is 0 Å². The molecular weight excluding hydrogens is 597 g/mol. The van der Waals surface area contributed by atoms with Crippen molar-refractivity contribution >= 4 is 39.3 Å². The first-order chi connectivity index (χ1) is 21.1. The third kappa shape index (κ3) is 6.42. The molecule has 0 fully saturated rings. The predicted molar refractivity (Wildman–Crippen MR) is 172 cm³/mol. The summed E-state index contributed by atoms with van der Waals surface area (Å²) in [5.74, 6) is 0.322. The number of hydrogen-bond acceptors (Lipinski definition) is 7. The summed E-state index contributed by atoms with van der Waals surface area (Å²) >= 11 is 1.31. The Balaban J connectivity index is 1.34. The fourth-order valence-corrected chi connectivity index (χ4v) is 7.56. The molecule has 230 valence electrons. The van der Waals surface area contributed by atoms with Crippen molar-refractivity contribution in [1.82, 2.24) is 24.4 Å². The Hall–Kier alpha value is -4.00. The molecule has 3 aromatic carbocycles. The highest BCUT2D eigenvalue weighted by Gasteiger charge is 2.26. The number of anilines is 1. The third-order valence-electron chi connectivity index (χ3n) is 7.69. The van der Waals surface area contributed by atoms with Crippen molar-refractivity contribution in [2.45, 2.75) is 50.7 Å². The van der Waals surface area contributed by atoms with Crippen LogP contribution in [0.3, 0.4) is 0 Å². The van der Waals surface area contributed by atoms with Gasteiger partial charge in [-0.2, -0.15) is 4.31 Å². The van der Waals surface area contributed by atoms with Gasteiger partial charge in [-0.25, -0.2) is 8.42 Å². The van der Waals surface area contributed by atoms with Gasteiger partial charge >= 0.3 is 0 Å². The molecule has 5 rings (SSSR count). The molecule has 0 saturated heterocycles. The van der Waals surface area contributed by atoms with Gasteiger partial charge in [-0.1, -0.05) is 55.9 Å². The second-order valence-electron chi connectivity index (χ2n) is 10.5. The van der Waals surface area contributed by atoms with Gasteiger partial charge in [0.05, 0.1) is 22.9 Å². The quantitative estimate of drug-likeness (QED) is 0.242. The van der Waals surface area contributed by atoms with Gasteiger partial charge in [-0.05, 0) is 73.4 Å². The molecule has 0 unspecified atom stereocenters. The number of nitrogens with zero attached hydrogens (tertiary/aromatic N) is 5. The minimum Gasteiger partial charge on any atom is -0.345 e. The number of carbonyl (C=O) groups is 2. The van der Waals surface area contributed by atoms with Crippen molar-refractivity contribution < 1.29 is 18.0 Å². The van der Waals surface area contributed by atoms with Crippen LogP contribution >= 0.6 is 11.8 Å². The summed E-state index contributed by atoms with van der Waals surface area (Å²) in [6, 6.07) is 19.9. The van der Waals surface area contributed by atoms with Crippen molar-refractivity contribution in [2.75, 3.05) is 30.3 Å². The first-order valence-electron chi connectivity index (χ1n) is 14.6. The smallest absolute Gasteiger partial charge is 0.251 e. The van der Waals surface area contributed by atoms with Crippen LogP contribution in [0.1, 0.15) is 46.7 Å². The molecule has 0 atom stereocenters. The molecule has 4 aromatic rings. The van der Waals surface area contributed by atoms with Crippen LogP contribution in [0.25, 0.3) is 5.69 Å². The van der Waals surface area contributed by atoms with Gasteiger partial charge in [-0.3, -0.25) is 14.2 Å². The molecule has 1 aromatic heterocycles. The Bertz CT molecular complexity index is 1780. The highest BCUT2D eigenvalue weighted by Crippen LogP contribution is 2.30. The highest BCUT2D eigenvalue weighted by molar-refractivity contribution is 7.99. The SMILES string of the molecule is CCN(CC)S(=O)(=O)c1ccc(C(=O)NCc2nnc(SCC(=O)N3CCc4ccccc43)n2-c2cc(C)ccc2C)cc1. The number of rotatable bonds is 11. The molecule has 12 heteroatoms. The predicted octanol–water partition coefficient (Wildman–Crippen LogP) is 4.53. The van der Waals surface area contributed by atoms with E-state index in [-0.39, 0.29) is 29.0 Å². The zero-order chi connectivity index (χ0) is 31.4. The fourth-order valence-electron chi connectivity index (χ4n) is 5.26. The molecular formula is C32H36N6O4S2. The van der Waals surface area contributed by atoms with Gasteiger partial charge in [0, 0.05) is 30.9 Å². The molecule has 0 bridgehead atoms. The van der Waals surface area contributed by atoms with Crippen LogP contribution < -0.4 is 10.2 Å². The van der Waals surface area contributed by atoms with Gasteiger partial charge < -0.3 is 10.2 Å². The fraction of sp³-hybridized carbons (Fsp3) is 0.312. The molecule has 2 heterocycles. The summed E-state index contributed by atoms with van der Waals surface area (Å²) < 4.78 is 28.9. The number of para-hydroxylation sites is 1. The maximum Gasteiger partial charge on any atom is 0.251 e. The van der Waals surface area contributed by atoms with Crippen LogP contribution in [0.4, 0.5) is 5.69 Å². The monoisotopic (exact) mass is 632 g/mol. The largest absolute Gasteiger partial charge is 0.345 e. The molecule has 0 saturated carbocycles. The van der Waals surface area contributed by atoms with Crippen LogP contribution in [0, 0.1) is 13.8 Å². The number of aryl methyl sites for hydroxylation is 2. The molecule has 1 aliphatic heterocycles. The Labute approximate surface area is 262 Å². The van der Waals surface area contributed by atoms with Crippen molar-refractivity contribution in [3.8, 4) is 5.69 Å². The van der Waals surface area contributed by atoms with Gasteiger partial charge in [0.2, 0.25) is 15.9 Å². The molecule has 0 aliphatic carbocycles. The van der Waals surface area contributed by atoms with E-state index < -0.39 is 10.0 Å². The summed E-state index contributed by atoms with van der Waals surface area (Å²) in [6.07, 6.45) is 0.837. The second kappa shape index (κ2) is 13.3. The van der Waals surface area contributed by atoms with Gasteiger partial charge in [0.25, 0.3) is 5.91 Å². The summed E-state index contributed by atoms with van der Waals surface area (Å²) in [4.78, 5) is 28.3. The van der Waals surface area contributed by atoms with Crippen LogP contribution in [0.15, 0.2) is 76.8 Å². The lowest BCUT2D eigenvalue weighted by Gasteiger charge is -2.18. The van der Waals surface area contributed by atoms with Crippen molar-refractivity contribution in [3.05, 3.63) is 94.8 Å². The van der Waals surface area contributed by atoms with Crippen LogP contribution in [0.2, 0.25) is 0 Å². The van der Waals surface area contributed by atoms with E-state index in [1.165, 1.54) is 45.9 Å². The zero-order valence-electron chi connectivity index (χ0n) is 25.3. The third-order valence-corrected chi connectivity index (χ3v) is 10.7. The zero-order valence-corrected chi connectivity index (χ0v) is 26.9. The van der Waals surface area contributed by atoms with Crippen molar-refractivity contribution in [2.24, 2.45) is 0 Å². The number of nitrogens with one attached hydrogen (secondary N) is 1. The van der Waals surface area contributed by atoms with Gasteiger partial charge in [0.15, 0.2) is 11.0 Å². The van der Waals surface area contributed by atoms with E-state index in [9.17, 15) is 18.0 Å². The molecule has 1 N–H and O–H groups in total. The van der Waals surface area contributed by atoms with E-state index in [0.29, 0.717) is 36.2 Å². The van der Waals surface area contributed by atoms with E-state index in [2.05, 4.69) is 21.6 Å². The maximum absolute atomic E-state index is 13.2. The number of fused-ring (bicyclic) bond motifs is 1. The molecule has 2 amide bonds. The standard InChI is InChI=1S/C32H36N6O4S2/c1-5-36(6-2)44(41,42)26-15-13-25(14-16-26)31(40)33-20-29-34-35-32(38(29)28-19-22(3)11-12-23(28)4)43-21-30(39)37-18-17-24-9-7-8-10-27(24)37/h7-16,19H,5-6,17-18,20-21H2,1-4H3,(H,33,40). The van der Waals surface area contributed by atoms with Crippen LogP contribution in [-0.2, 0) is 27.8 Å². The summed E-state index contributed by atoms with van der Waals surface area (Å²) in [6.45, 7) is 9.02. The Kier molecular flexibility index (Phi) is 9.52. The molecule has 1 aliphatic rings. The average molecular weight is 633 g/mol. The highest BCUT2D eigenvalue weighted by atomic mass is 32.2. The lowest BCUT2D eigenvalue weighted by atomic mass is 10.1. The summed E-state index contributed by atoms with van der Waals surface area (Å²) in [5, 5.41) is 12.2. The number of benzene rings is 3. The van der Waals surface area contributed by atoms with Crippen LogP contribution in [0.5, 0.6) is 0 Å². The van der Waals surface area contributed by atoms with E-state index in [0.717, 1.165) is 28.9 Å². The minimum absolute atomic E-state index is 0.00299. The van der Waals surface area contributed by atoms with Crippen molar-refractivity contribution in [3.63, 3.8) is 0 Å². The lowest BCUT2D eigenvalue weighted by molar-refractivity contribution is -0.116. The number of sulfonamides is 1. The van der Waals surface area contributed by atoms with Gasteiger partial charge in [0.1, 0.15) is 0 Å². The topological polar surface area (TPSA) is 118 Å². The Morgan fingerprint density at radius 3 is 2.41 bits per heavy atom. The van der Waals surface area contributed by atoms with E-state index in [1.807, 2.05) is 59.7 Å². The number of hydrogen-bond donors (Lipinski definition) is 1. The normalized spacial score (nSPS) is 12.9. The molecule has 10 nitrogen and oxygen atoms in total. The Morgan fingerprint density at radius 2 is 1.68 bits per heavy atom. The van der Waals surface area contributed by atoms with E-state index in [1.54, 1.807) is 13.8 Å². The van der Waals surface area contributed by atoms with Crippen molar-refractivity contribution in [1.29, 1.82) is 0 Å². The number of carbonyl (C=O) groups excluding carboxylic acids is 2. The number of aromatic nitrogens is 3. The minimum atomic E-state index is -3.62. The average Bonchev–Trinajstić information content (AvgIpc) is 3.64. The first-order valence-corrected chi connectivity index (χ1v) is 17.0. The van der Waals surface area contributed by atoms with Gasteiger partial charge in [-0.15, -0.1) is 10.2 Å². The first kappa shape index (κ1) is 31.4. The number of thioether (sulfide) groups is 1. The second-order valence-corrected chi connectivity index (χ2v) is 13.4. The lowest BCUT2D eigenvalue weighted by Crippen LogP contribution is -2.30. The van der Waals surface area contributed by atoms with E-state index >= 15 is 0 Å². The number of amides is 2. The summed E-state index contributed by atoms with van der Waals surface area (Å²) in [5.41, 5.74) is 5.36. The Morgan fingerprint density at radius 1 is 0.955 bits per heavy atom. The molecule has 44 heavy (non-hydrogen) atoms. The van der Waals surface area contributed by atoms with Crippen LogP contribution in [-0.4, -0.2) is 64.7 Å². The summed E-state index contributed by atoms with van der Waals surface area (Å²) in [7, 11) is -3.62. The molecule has 0 radical (unpaired) electrons. The maximum atomic E-state index is 13.2. The molecule has 0 spiro atoms.